The molecule has 0 radical (unpaired) electrons. The van der Waals surface area contributed by atoms with E-state index < -0.39 is 0 Å². The number of amides is 1. The number of ether oxygens (including phenoxy) is 1. The molecule has 1 aliphatic carbocycles. The van der Waals surface area contributed by atoms with Gasteiger partial charge in [-0.3, -0.25) is 4.79 Å². The summed E-state index contributed by atoms with van der Waals surface area (Å²) < 4.78 is 7.82. The fourth-order valence-corrected chi connectivity index (χ4v) is 5.92. The second kappa shape index (κ2) is 7.42. The molecule has 3 aromatic rings. The van der Waals surface area contributed by atoms with Gasteiger partial charge in [0.1, 0.15) is 5.69 Å². The Morgan fingerprint density at radius 2 is 1.93 bits per heavy atom. The summed E-state index contributed by atoms with van der Waals surface area (Å²) in [6, 6.07) is 4.13. The summed E-state index contributed by atoms with van der Waals surface area (Å²) in [5.74, 6) is 1.12. The van der Waals surface area contributed by atoms with Crippen LogP contribution in [0.3, 0.4) is 0 Å². The average Bonchev–Trinajstić information content (AvgIpc) is 3.51. The van der Waals surface area contributed by atoms with Gasteiger partial charge in [-0.25, -0.2) is 4.68 Å². The summed E-state index contributed by atoms with van der Waals surface area (Å²) in [6.45, 7) is 1.64. The highest BCUT2D eigenvalue weighted by molar-refractivity contribution is 7.08. The van der Waals surface area contributed by atoms with E-state index in [1.807, 2.05) is 32.6 Å². The van der Waals surface area contributed by atoms with E-state index in [1.165, 1.54) is 0 Å². The Balaban J connectivity index is 1.34. The van der Waals surface area contributed by atoms with Crippen LogP contribution in [0.25, 0.3) is 11.3 Å². The minimum absolute atomic E-state index is 0.0921. The van der Waals surface area contributed by atoms with Crippen molar-refractivity contribution in [2.24, 2.45) is 11.8 Å². The van der Waals surface area contributed by atoms with Gasteiger partial charge >= 0.3 is 0 Å². The fourth-order valence-electron chi connectivity index (χ4n) is 4.64. The first-order chi connectivity index (χ1) is 13.7. The Hall–Kier alpha value is -2.03. The average molecular weight is 415 g/mol. The summed E-state index contributed by atoms with van der Waals surface area (Å²) in [5, 5.41) is 16.8. The number of fused-ring (bicyclic) bond motifs is 1. The van der Waals surface area contributed by atoms with Gasteiger partial charge in [0.25, 0.3) is 5.91 Å². The van der Waals surface area contributed by atoms with Gasteiger partial charge in [-0.05, 0) is 47.6 Å². The Morgan fingerprint density at radius 3 is 2.64 bits per heavy atom. The van der Waals surface area contributed by atoms with Gasteiger partial charge in [0.15, 0.2) is 0 Å². The van der Waals surface area contributed by atoms with Crippen LogP contribution in [0.5, 0.6) is 0 Å². The standard InChI is InChI=1S/C20H22N4O2S2/c1-26-19-7-16-9-23(20(25)14-3-5-28-12-14)8-15(16)6-18(19)24-10-17(21-22-24)13-2-4-27-11-13/h2-5,10-12,15-16,18-19H,6-9H2,1H3/t15-,16+,18-,19-/m1/s1. The molecule has 5 rings (SSSR count). The minimum Gasteiger partial charge on any atom is -0.379 e. The zero-order chi connectivity index (χ0) is 19.1. The molecule has 3 aromatic heterocycles. The number of carbonyl (C=O) groups excluding carboxylic acids is 1. The van der Waals surface area contributed by atoms with E-state index in [4.69, 9.17) is 4.74 Å². The zero-order valence-electron chi connectivity index (χ0n) is 15.6. The second-order valence-corrected chi connectivity index (χ2v) is 9.21. The summed E-state index contributed by atoms with van der Waals surface area (Å²) in [5.41, 5.74) is 2.81. The van der Waals surface area contributed by atoms with E-state index in [2.05, 4.69) is 27.1 Å². The van der Waals surface area contributed by atoms with Crippen molar-refractivity contribution in [2.45, 2.75) is 25.0 Å². The van der Waals surface area contributed by atoms with Gasteiger partial charge in [0.05, 0.1) is 23.9 Å². The number of methoxy groups -OCH3 is 1. The first-order valence-electron chi connectivity index (χ1n) is 9.51. The molecule has 0 aromatic carbocycles. The van der Waals surface area contributed by atoms with E-state index in [9.17, 15) is 4.79 Å². The lowest BCUT2D eigenvalue weighted by molar-refractivity contribution is -0.00545. The van der Waals surface area contributed by atoms with Gasteiger partial charge < -0.3 is 9.64 Å². The highest BCUT2D eigenvalue weighted by atomic mass is 32.1. The predicted octanol–water partition coefficient (Wildman–Crippen LogP) is 3.81. The van der Waals surface area contributed by atoms with Gasteiger partial charge in [-0.2, -0.15) is 22.7 Å². The van der Waals surface area contributed by atoms with Crippen LogP contribution in [0.2, 0.25) is 0 Å². The number of hydrogen-bond acceptors (Lipinski definition) is 6. The van der Waals surface area contributed by atoms with E-state index in [0.717, 1.165) is 42.8 Å². The molecule has 1 saturated carbocycles. The first kappa shape index (κ1) is 18.0. The molecule has 0 spiro atoms. The van der Waals surface area contributed by atoms with Crippen LogP contribution in [-0.4, -0.2) is 52.1 Å². The van der Waals surface area contributed by atoms with E-state index in [-0.39, 0.29) is 18.1 Å². The fraction of sp³-hybridized carbons (Fsp3) is 0.450. The largest absolute Gasteiger partial charge is 0.379 e. The van der Waals surface area contributed by atoms with Crippen LogP contribution in [0.15, 0.2) is 39.8 Å². The SMILES string of the molecule is CO[C@@H]1C[C@H]2CN(C(=O)c3ccsc3)C[C@H]2C[C@H]1n1cc(-c2ccsc2)nn1. The maximum Gasteiger partial charge on any atom is 0.254 e. The predicted molar refractivity (Wildman–Crippen MR) is 110 cm³/mol. The van der Waals surface area contributed by atoms with Crippen LogP contribution in [-0.2, 0) is 4.74 Å². The number of carbonyl (C=O) groups is 1. The minimum atomic E-state index is 0.0921. The third kappa shape index (κ3) is 3.19. The molecule has 0 unspecified atom stereocenters. The molecule has 1 saturated heterocycles. The molecule has 146 valence electrons. The van der Waals surface area contributed by atoms with E-state index >= 15 is 0 Å². The number of likely N-dealkylation sites (tertiary alicyclic amines) is 1. The van der Waals surface area contributed by atoms with E-state index in [1.54, 1.807) is 29.8 Å². The molecular weight excluding hydrogens is 392 g/mol. The van der Waals surface area contributed by atoms with Crippen LogP contribution >= 0.6 is 22.7 Å². The smallest absolute Gasteiger partial charge is 0.254 e. The Labute approximate surface area is 171 Å². The van der Waals surface area contributed by atoms with Crippen molar-refractivity contribution in [1.82, 2.24) is 19.9 Å². The number of rotatable bonds is 4. The Kier molecular flexibility index (Phi) is 4.78. The lowest BCUT2D eigenvalue weighted by Gasteiger charge is -2.36. The lowest BCUT2D eigenvalue weighted by atomic mass is 9.77. The highest BCUT2D eigenvalue weighted by Crippen LogP contribution is 2.42. The van der Waals surface area contributed by atoms with Crippen LogP contribution in [0.1, 0.15) is 29.2 Å². The summed E-state index contributed by atoms with van der Waals surface area (Å²) >= 11 is 3.23. The summed E-state index contributed by atoms with van der Waals surface area (Å²) in [7, 11) is 1.78. The van der Waals surface area contributed by atoms with Crippen molar-refractivity contribution in [2.75, 3.05) is 20.2 Å². The van der Waals surface area contributed by atoms with Gasteiger partial charge in [0.2, 0.25) is 0 Å². The van der Waals surface area contributed by atoms with Crippen LogP contribution < -0.4 is 0 Å². The summed E-state index contributed by atoms with van der Waals surface area (Å²) in [4.78, 5) is 14.8. The molecule has 28 heavy (non-hydrogen) atoms. The maximum atomic E-state index is 12.8. The second-order valence-electron chi connectivity index (χ2n) is 7.65. The molecule has 2 aliphatic rings. The molecule has 0 N–H and O–H groups in total. The summed E-state index contributed by atoms with van der Waals surface area (Å²) in [6.07, 6.45) is 4.03. The zero-order valence-corrected chi connectivity index (χ0v) is 17.2. The lowest BCUT2D eigenvalue weighted by Crippen LogP contribution is -2.37. The van der Waals surface area contributed by atoms with Crippen molar-refractivity contribution in [1.29, 1.82) is 0 Å². The molecular formula is C20H22N4O2S2. The number of thiophene rings is 2. The molecule has 1 amide bonds. The third-order valence-electron chi connectivity index (χ3n) is 6.11. The topological polar surface area (TPSA) is 60.2 Å². The molecule has 4 heterocycles. The quantitative estimate of drug-likeness (QED) is 0.651. The van der Waals surface area contributed by atoms with Crippen molar-refractivity contribution < 1.29 is 9.53 Å². The molecule has 1 aliphatic heterocycles. The highest BCUT2D eigenvalue weighted by Gasteiger charge is 2.44. The first-order valence-corrected chi connectivity index (χ1v) is 11.4. The van der Waals surface area contributed by atoms with Crippen molar-refractivity contribution >= 4 is 28.6 Å². The Bertz CT molecular complexity index is 937. The number of nitrogens with zero attached hydrogens (tertiary/aromatic N) is 4. The van der Waals surface area contributed by atoms with Crippen molar-refractivity contribution in [3.8, 4) is 11.3 Å². The monoisotopic (exact) mass is 414 g/mol. The number of aromatic nitrogens is 3. The van der Waals surface area contributed by atoms with Crippen LogP contribution in [0.4, 0.5) is 0 Å². The van der Waals surface area contributed by atoms with Crippen molar-refractivity contribution in [3.63, 3.8) is 0 Å². The van der Waals surface area contributed by atoms with Crippen molar-refractivity contribution in [3.05, 3.63) is 45.4 Å². The molecule has 4 atom stereocenters. The molecule has 0 bridgehead atoms. The van der Waals surface area contributed by atoms with Gasteiger partial charge in [-0.15, -0.1) is 5.10 Å². The maximum absolute atomic E-state index is 12.8. The Morgan fingerprint density at radius 1 is 1.14 bits per heavy atom. The molecule has 6 nitrogen and oxygen atoms in total. The third-order valence-corrected chi connectivity index (χ3v) is 7.48. The van der Waals surface area contributed by atoms with E-state index in [0.29, 0.717) is 11.8 Å². The van der Waals surface area contributed by atoms with Gasteiger partial charge in [-0.1, -0.05) is 5.21 Å². The van der Waals surface area contributed by atoms with Gasteiger partial charge in [0, 0.05) is 36.5 Å². The van der Waals surface area contributed by atoms with Crippen LogP contribution in [0, 0.1) is 11.8 Å². The normalized spacial score (nSPS) is 27.1. The molecule has 8 heteroatoms. The molecule has 2 fully saturated rings. The number of hydrogen-bond donors (Lipinski definition) is 0.